The molecule has 0 unspecified atom stereocenters. The fourth-order valence-corrected chi connectivity index (χ4v) is 3.27. The summed E-state index contributed by atoms with van der Waals surface area (Å²) < 4.78 is 43.2. The normalized spacial score (nSPS) is 11.6. The highest BCUT2D eigenvalue weighted by Crippen LogP contribution is 2.36. The van der Waals surface area contributed by atoms with Gasteiger partial charge in [-0.15, -0.1) is 0 Å². The van der Waals surface area contributed by atoms with Crippen LogP contribution in [0.4, 0.5) is 13.2 Å². The number of aromatic amines is 1. The van der Waals surface area contributed by atoms with Crippen molar-refractivity contribution in [3.05, 3.63) is 98.3 Å². The fraction of sp³-hybridized carbons (Fsp3) is 0.0952. The zero-order valence-electron chi connectivity index (χ0n) is 16.3. The Hall–Kier alpha value is -4.12. The maximum absolute atomic E-state index is 13.8. The van der Waals surface area contributed by atoms with E-state index in [2.05, 4.69) is 10.4 Å². The van der Waals surface area contributed by atoms with Gasteiger partial charge in [-0.05, 0) is 35.9 Å². The summed E-state index contributed by atoms with van der Waals surface area (Å²) >= 11 is 0. The molecule has 0 radical (unpaired) electrons. The minimum absolute atomic E-state index is 0.118. The van der Waals surface area contributed by atoms with E-state index >= 15 is 0 Å². The average Bonchev–Trinajstić information content (AvgIpc) is 3.25. The molecule has 0 atom stereocenters. The number of fused-ring (bicyclic) bond motifs is 1. The minimum Gasteiger partial charge on any atom is -0.326 e. The summed E-state index contributed by atoms with van der Waals surface area (Å²) in [5.74, 6) is -0.715. The Kier molecular flexibility index (Phi) is 5.18. The smallest absolute Gasteiger partial charge is 0.326 e. The third-order valence-corrected chi connectivity index (χ3v) is 4.82. The van der Waals surface area contributed by atoms with Crippen LogP contribution >= 0.6 is 0 Å². The molecule has 0 saturated carbocycles. The van der Waals surface area contributed by atoms with Crippen LogP contribution in [0.1, 0.15) is 21.5 Å². The second kappa shape index (κ2) is 7.85. The quantitative estimate of drug-likeness (QED) is 0.420. The van der Waals surface area contributed by atoms with Gasteiger partial charge in [-0.1, -0.05) is 18.2 Å². The highest BCUT2D eigenvalue weighted by molar-refractivity contribution is 6.00. The van der Waals surface area contributed by atoms with E-state index in [-0.39, 0.29) is 28.8 Å². The summed E-state index contributed by atoms with van der Waals surface area (Å²) in [7, 11) is 0. The molecule has 0 fully saturated rings. The van der Waals surface area contributed by atoms with Crippen molar-refractivity contribution in [3.63, 3.8) is 0 Å². The summed E-state index contributed by atoms with van der Waals surface area (Å²) in [5, 5.41) is 0. The number of aromatic nitrogens is 3. The lowest BCUT2D eigenvalue weighted by Gasteiger charge is -2.17. The van der Waals surface area contributed by atoms with Crippen LogP contribution < -0.4 is 22.3 Å². The summed E-state index contributed by atoms with van der Waals surface area (Å²) in [5.41, 5.74) is 4.57. The van der Waals surface area contributed by atoms with E-state index in [9.17, 15) is 27.6 Å². The lowest BCUT2D eigenvalue weighted by molar-refractivity contribution is -0.137. The van der Waals surface area contributed by atoms with Crippen molar-refractivity contribution in [2.45, 2.75) is 12.7 Å². The van der Waals surface area contributed by atoms with Crippen LogP contribution in [-0.4, -0.2) is 20.1 Å². The van der Waals surface area contributed by atoms with Gasteiger partial charge in [0.25, 0.3) is 5.91 Å². The second-order valence-electron chi connectivity index (χ2n) is 6.92. The van der Waals surface area contributed by atoms with Crippen molar-refractivity contribution in [2.24, 2.45) is 5.73 Å². The van der Waals surface area contributed by atoms with Crippen LogP contribution in [-0.2, 0) is 12.7 Å². The molecular formula is C21H16F3N5O3. The molecule has 8 nitrogen and oxygen atoms in total. The number of H-pyrrole nitrogens is 1. The molecule has 0 aliphatic rings. The number of carbonyl (C=O) groups excluding carboxylic acids is 1. The number of hydrogen-bond donors (Lipinski definition) is 3. The number of hydrogen-bond acceptors (Lipinski definition) is 4. The molecule has 0 spiro atoms. The van der Waals surface area contributed by atoms with Gasteiger partial charge in [0, 0.05) is 24.5 Å². The molecule has 164 valence electrons. The Balaban J connectivity index is 1.97. The number of rotatable bonds is 4. The maximum Gasteiger partial charge on any atom is 0.418 e. The summed E-state index contributed by atoms with van der Waals surface area (Å²) in [4.78, 5) is 39.3. The van der Waals surface area contributed by atoms with Crippen molar-refractivity contribution in [3.8, 4) is 5.69 Å². The van der Waals surface area contributed by atoms with E-state index in [4.69, 9.17) is 5.73 Å². The zero-order valence-corrected chi connectivity index (χ0v) is 16.3. The van der Waals surface area contributed by atoms with Gasteiger partial charge in [-0.3, -0.25) is 19.8 Å². The topological polar surface area (TPSA) is 115 Å². The van der Waals surface area contributed by atoms with Crippen LogP contribution in [0.25, 0.3) is 16.7 Å². The Labute approximate surface area is 177 Å². The first-order valence-electron chi connectivity index (χ1n) is 9.33. The number of halogens is 3. The molecule has 2 heterocycles. The van der Waals surface area contributed by atoms with Crippen LogP contribution in [0.15, 0.2) is 70.5 Å². The van der Waals surface area contributed by atoms with Gasteiger partial charge >= 0.3 is 17.3 Å². The highest BCUT2D eigenvalue weighted by Gasteiger charge is 2.35. The summed E-state index contributed by atoms with van der Waals surface area (Å²) in [6, 6.07) is 11.2. The van der Waals surface area contributed by atoms with Gasteiger partial charge in [0.15, 0.2) is 0 Å². The number of alkyl halides is 3. The van der Waals surface area contributed by atoms with Gasteiger partial charge in [0.05, 0.1) is 22.3 Å². The molecule has 2 aromatic heterocycles. The fourth-order valence-electron chi connectivity index (χ4n) is 3.27. The van der Waals surface area contributed by atoms with Gasteiger partial charge < -0.3 is 15.3 Å². The van der Waals surface area contributed by atoms with Crippen molar-refractivity contribution in [1.29, 1.82) is 0 Å². The van der Waals surface area contributed by atoms with Crippen LogP contribution in [0.2, 0.25) is 0 Å². The number of nitrogens with two attached hydrogens (primary N) is 1. The SMILES string of the molecule is NCc1ccn(-c2cc3c(cc2C(F)(F)F)[nH]c(=O)c(=O)n3NC(=O)c2ccccc2)c1. The first-order chi connectivity index (χ1) is 15.2. The highest BCUT2D eigenvalue weighted by atomic mass is 19.4. The zero-order chi connectivity index (χ0) is 23.0. The molecule has 32 heavy (non-hydrogen) atoms. The molecule has 0 bridgehead atoms. The van der Waals surface area contributed by atoms with E-state index in [0.717, 1.165) is 12.1 Å². The molecule has 2 aromatic carbocycles. The van der Waals surface area contributed by atoms with E-state index in [1.165, 1.54) is 29.1 Å². The Morgan fingerprint density at radius 1 is 1.09 bits per heavy atom. The van der Waals surface area contributed by atoms with E-state index < -0.39 is 28.8 Å². The third kappa shape index (κ3) is 3.81. The Morgan fingerprint density at radius 2 is 1.81 bits per heavy atom. The number of nitrogens with one attached hydrogen (secondary N) is 2. The lowest BCUT2D eigenvalue weighted by atomic mass is 10.1. The number of nitrogens with zero attached hydrogens (tertiary/aromatic N) is 2. The summed E-state index contributed by atoms with van der Waals surface area (Å²) in [6.07, 6.45) is -1.94. The Bertz CT molecular complexity index is 1440. The van der Waals surface area contributed by atoms with Crippen LogP contribution in [0, 0.1) is 0 Å². The summed E-state index contributed by atoms with van der Waals surface area (Å²) in [6.45, 7) is 0.118. The van der Waals surface area contributed by atoms with Gasteiger partial charge in [0.2, 0.25) is 0 Å². The van der Waals surface area contributed by atoms with Gasteiger partial charge in [-0.25, -0.2) is 4.68 Å². The van der Waals surface area contributed by atoms with Gasteiger partial charge in [0.1, 0.15) is 0 Å². The predicted octanol–water partition coefficient (Wildman–Crippen LogP) is 2.34. The molecule has 11 heteroatoms. The molecule has 0 aliphatic heterocycles. The third-order valence-electron chi connectivity index (χ3n) is 4.82. The van der Waals surface area contributed by atoms with Crippen molar-refractivity contribution in [2.75, 3.05) is 5.43 Å². The van der Waals surface area contributed by atoms with Crippen molar-refractivity contribution >= 4 is 16.9 Å². The standard InChI is InChI=1S/C21H16F3N5O3/c22-21(23,24)14-8-15-17(9-16(14)28-7-6-12(10-25)11-28)29(20(32)19(31)26-15)27-18(30)13-4-2-1-3-5-13/h1-9,11H,10,25H2,(H,26,31)(H,27,30). The number of benzene rings is 2. The number of carbonyl (C=O) groups is 1. The van der Waals surface area contributed by atoms with Crippen molar-refractivity contribution in [1.82, 2.24) is 14.2 Å². The molecular weight excluding hydrogens is 427 g/mol. The minimum atomic E-state index is -4.76. The van der Waals surface area contributed by atoms with E-state index in [1.807, 2.05) is 0 Å². The molecule has 4 rings (SSSR count). The molecule has 0 aliphatic carbocycles. The largest absolute Gasteiger partial charge is 0.418 e. The lowest BCUT2D eigenvalue weighted by Crippen LogP contribution is -2.42. The van der Waals surface area contributed by atoms with Crippen LogP contribution in [0.3, 0.4) is 0 Å². The average molecular weight is 443 g/mol. The number of amides is 1. The Morgan fingerprint density at radius 3 is 2.44 bits per heavy atom. The molecule has 1 amide bonds. The molecule has 4 aromatic rings. The predicted molar refractivity (Wildman–Crippen MR) is 111 cm³/mol. The van der Waals surface area contributed by atoms with Gasteiger partial charge in [-0.2, -0.15) is 13.2 Å². The second-order valence-corrected chi connectivity index (χ2v) is 6.92. The van der Waals surface area contributed by atoms with Crippen LogP contribution in [0.5, 0.6) is 0 Å². The first kappa shape index (κ1) is 21.1. The molecule has 0 saturated heterocycles. The molecule has 4 N–H and O–H groups in total. The van der Waals surface area contributed by atoms with Crippen molar-refractivity contribution < 1.29 is 18.0 Å². The first-order valence-corrected chi connectivity index (χ1v) is 9.33. The van der Waals surface area contributed by atoms with E-state index in [0.29, 0.717) is 10.2 Å². The maximum atomic E-state index is 13.8. The van der Waals surface area contributed by atoms with E-state index in [1.54, 1.807) is 24.3 Å². The monoisotopic (exact) mass is 443 g/mol.